The number of carbonyl (C=O) groups is 1. The molecule has 1 aliphatic heterocycles. The van der Waals surface area contributed by atoms with Gasteiger partial charge in [0.1, 0.15) is 6.04 Å². The Bertz CT molecular complexity index is 490. The lowest BCUT2D eigenvalue weighted by Gasteiger charge is -2.33. The molecular weight excluding hydrogens is 244 g/mol. The molecule has 0 radical (unpaired) electrons. The van der Waals surface area contributed by atoms with Crippen LogP contribution in [0.2, 0.25) is 0 Å². The molecule has 2 rings (SSSR count). The zero-order valence-electron chi connectivity index (χ0n) is 11.3. The van der Waals surface area contributed by atoms with Gasteiger partial charge in [-0.1, -0.05) is 0 Å². The first kappa shape index (κ1) is 13.8. The summed E-state index contributed by atoms with van der Waals surface area (Å²) in [6.45, 7) is 6.06. The summed E-state index contributed by atoms with van der Waals surface area (Å²) in [5.41, 5.74) is 15.0. The molecule has 1 aliphatic rings. The molecule has 4 N–H and O–H groups in total. The van der Waals surface area contributed by atoms with Gasteiger partial charge in [-0.25, -0.2) is 0 Å². The van der Waals surface area contributed by atoms with Gasteiger partial charge in [0, 0.05) is 25.0 Å². The summed E-state index contributed by atoms with van der Waals surface area (Å²) in [6, 6.07) is -0.391. The highest BCUT2D eigenvalue weighted by Crippen LogP contribution is 2.20. The van der Waals surface area contributed by atoms with Crippen molar-refractivity contribution < 1.29 is 9.53 Å². The predicted octanol–water partition coefficient (Wildman–Crippen LogP) is -0.0333. The maximum Gasteiger partial charge on any atom is 0.237 e. The maximum atomic E-state index is 11.4. The van der Waals surface area contributed by atoms with Gasteiger partial charge in [-0.05, 0) is 25.0 Å². The van der Waals surface area contributed by atoms with Crippen molar-refractivity contribution in [2.45, 2.75) is 26.4 Å². The first-order valence-corrected chi connectivity index (χ1v) is 6.32. The van der Waals surface area contributed by atoms with E-state index in [1.165, 1.54) is 0 Å². The summed E-state index contributed by atoms with van der Waals surface area (Å²) >= 11 is 0. The maximum absolute atomic E-state index is 11.4. The van der Waals surface area contributed by atoms with E-state index in [2.05, 4.69) is 4.98 Å². The quantitative estimate of drug-likeness (QED) is 0.799. The van der Waals surface area contributed by atoms with E-state index in [1.807, 2.05) is 18.7 Å². The molecule has 0 aromatic carbocycles. The van der Waals surface area contributed by atoms with Crippen LogP contribution in [-0.4, -0.2) is 41.6 Å². The number of anilines is 1. The number of pyridine rings is 1. The number of primary amides is 1. The minimum absolute atomic E-state index is 0.343. The lowest BCUT2D eigenvalue weighted by Crippen LogP contribution is -2.52. The average molecular weight is 264 g/mol. The molecule has 1 amide bonds. The fourth-order valence-electron chi connectivity index (χ4n) is 2.23. The summed E-state index contributed by atoms with van der Waals surface area (Å²) in [7, 11) is 0. The minimum atomic E-state index is -0.391. The van der Waals surface area contributed by atoms with Crippen LogP contribution in [0.3, 0.4) is 0 Å². The summed E-state index contributed by atoms with van der Waals surface area (Å²) in [4.78, 5) is 17.8. The van der Waals surface area contributed by atoms with Crippen molar-refractivity contribution in [3.8, 4) is 0 Å². The van der Waals surface area contributed by atoms with Crippen LogP contribution in [0.5, 0.6) is 0 Å². The molecule has 1 atom stereocenters. The SMILES string of the molecule is Cc1cnc(CN2CCOCC2C(N)=O)c(C)c1N. The number of nitrogens with two attached hydrogens (primary N) is 2. The molecule has 1 saturated heterocycles. The van der Waals surface area contributed by atoms with E-state index in [9.17, 15) is 4.79 Å². The first-order valence-electron chi connectivity index (χ1n) is 6.32. The molecule has 1 unspecified atom stereocenters. The number of morpholine rings is 1. The van der Waals surface area contributed by atoms with Crippen molar-refractivity contribution in [3.05, 3.63) is 23.0 Å². The Labute approximate surface area is 112 Å². The zero-order valence-corrected chi connectivity index (χ0v) is 11.3. The summed E-state index contributed by atoms with van der Waals surface area (Å²) in [5, 5.41) is 0. The van der Waals surface area contributed by atoms with Crippen molar-refractivity contribution in [3.63, 3.8) is 0 Å². The molecule has 6 nitrogen and oxygen atoms in total. The van der Waals surface area contributed by atoms with Crippen molar-refractivity contribution in [2.24, 2.45) is 5.73 Å². The summed E-state index contributed by atoms with van der Waals surface area (Å²) in [5.74, 6) is -0.363. The lowest BCUT2D eigenvalue weighted by molar-refractivity contribution is -0.129. The normalized spacial score (nSPS) is 20.4. The third-order valence-corrected chi connectivity index (χ3v) is 3.60. The molecular formula is C13H20N4O2. The number of hydrogen-bond donors (Lipinski definition) is 2. The van der Waals surface area contributed by atoms with Gasteiger partial charge in [-0.15, -0.1) is 0 Å². The third kappa shape index (κ3) is 2.85. The number of amides is 1. The molecule has 0 saturated carbocycles. The Hall–Kier alpha value is -1.66. The molecule has 1 aromatic rings. The van der Waals surface area contributed by atoms with E-state index in [4.69, 9.17) is 16.2 Å². The van der Waals surface area contributed by atoms with Crippen LogP contribution >= 0.6 is 0 Å². The largest absolute Gasteiger partial charge is 0.398 e. The highest BCUT2D eigenvalue weighted by molar-refractivity contribution is 5.80. The third-order valence-electron chi connectivity index (χ3n) is 3.60. The molecule has 104 valence electrons. The minimum Gasteiger partial charge on any atom is -0.398 e. The van der Waals surface area contributed by atoms with Crippen LogP contribution in [-0.2, 0) is 16.1 Å². The molecule has 2 heterocycles. The molecule has 0 spiro atoms. The van der Waals surface area contributed by atoms with Crippen LogP contribution in [0, 0.1) is 13.8 Å². The van der Waals surface area contributed by atoms with Gasteiger partial charge in [-0.3, -0.25) is 14.7 Å². The standard InChI is InChI=1S/C13H20N4O2/c1-8-5-16-10(9(2)12(8)14)6-17-3-4-19-7-11(17)13(15)18/h5,11H,3-4,6-7H2,1-2H3,(H2,14,16)(H2,15,18). The average Bonchev–Trinajstić information content (AvgIpc) is 2.40. The molecule has 6 heteroatoms. The summed E-state index contributed by atoms with van der Waals surface area (Å²) < 4.78 is 5.30. The fourth-order valence-corrected chi connectivity index (χ4v) is 2.23. The fraction of sp³-hybridized carbons (Fsp3) is 0.538. The second-order valence-electron chi connectivity index (χ2n) is 4.89. The number of ether oxygens (including phenoxy) is 1. The Morgan fingerprint density at radius 2 is 2.32 bits per heavy atom. The van der Waals surface area contributed by atoms with E-state index in [0.717, 1.165) is 22.5 Å². The van der Waals surface area contributed by atoms with Crippen molar-refractivity contribution >= 4 is 11.6 Å². The number of nitrogens with zero attached hydrogens (tertiary/aromatic N) is 2. The Morgan fingerprint density at radius 3 is 3.00 bits per heavy atom. The van der Waals surface area contributed by atoms with Crippen molar-refractivity contribution in [1.29, 1.82) is 0 Å². The number of rotatable bonds is 3. The smallest absolute Gasteiger partial charge is 0.237 e. The number of carbonyl (C=O) groups excluding carboxylic acids is 1. The van der Waals surface area contributed by atoms with E-state index < -0.39 is 6.04 Å². The molecule has 0 bridgehead atoms. The monoisotopic (exact) mass is 264 g/mol. The molecule has 19 heavy (non-hydrogen) atoms. The van der Waals surface area contributed by atoms with Gasteiger partial charge >= 0.3 is 0 Å². The topological polar surface area (TPSA) is 94.5 Å². The first-order chi connectivity index (χ1) is 9.00. The van der Waals surface area contributed by atoms with E-state index in [1.54, 1.807) is 6.20 Å². The van der Waals surface area contributed by atoms with E-state index in [0.29, 0.717) is 26.3 Å². The van der Waals surface area contributed by atoms with E-state index in [-0.39, 0.29) is 5.91 Å². The lowest BCUT2D eigenvalue weighted by atomic mass is 10.1. The highest BCUT2D eigenvalue weighted by Gasteiger charge is 2.28. The number of hydrogen-bond acceptors (Lipinski definition) is 5. The van der Waals surface area contributed by atoms with Gasteiger partial charge in [0.05, 0.1) is 18.9 Å². The Morgan fingerprint density at radius 1 is 1.58 bits per heavy atom. The number of aromatic nitrogens is 1. The van der Waals surface area contributed by atoms with Gasteiger partial charge in [-0.2, -0.15) is 0 Å². The number of nitrogen functional groups attached to an aromatic ring is 1. The van der Waals surface area contributed by atoms with E-state index >= 15 is 0 Å². The predicted molar refractivity (Wildman–Crippen MR) is 72.3 cm³/mol. The molecule has 0 aliphatic carbocycles. The van der Waals surface area contributed by atoms with Gasteiger partial charge in [0.25, 0.3) is 0 Å². The number of aryl methyl sites for hydroxylation is 1. The second-order valence-corrected chi connectivity index (χ2v) is 4.89. The summed E-state index contributed by atoms with van der Waals surface area (Å²) in [6.07, 6.45) is 1.76. The van der Waals surface area contributed by atoms with Crippen LogP contribution in [0.1, 0.15) is 16.8 Å². The van der Waals surface area contributed by atoms with Crippen LogP contribution in [0.25, 0.3) is 0 Å². The second kappa shape index (κ2) is 5.54. The highest BCUT2D eigenvalue weighted by atomic mass is 16.5. The van der Waals surface area contributed by atoms with Crippen LogP contribution in [0.15, 0.2) is 6.20 Å². The molecule has 1 aromatic heterocycles. The van der Waals surface area contributed by atoms with Gasteiger partial charge in [0.15, 0.2) is 0 Å². The molecule has 1 fully saturated rings. The van der Waals surface area contributed by atoms with Crippen LogP contribution < -0.4 is 11.5 Å². The van der Waals surface area contributed by atoms with Crippen molar-refractivity contribution in [2.75, 3.05) is 25.5 Å². The van der Waals surface area contributed by atoms with Gasteiger partial charge < -0.3 is 16.2 Å². The Kier molecular flexibility index (Phi) is 4.01. The Balaban J connectivity index is 2.20. The van der Waals surface area contributed by atoms with Crippen LogP contribution in [0.4, 0.5) is 5.69 Å². The zero-order chi connectivity index (χ0) is 14.0. The van der Waals surface area contributed by atoms with Gasteiger partial charge in [0.2, 0.25) is 5.91 Å². The van der Waals surface area contributed by atoms with Crippen molar-refractivity contribution in [1.82, 2.24) is 9.88 Å².